The number of carbonyl (C=O) groups excluding carboxylic acids is 1. The molecule has 0 aliphatic carbocycles. The lowest BCUT2D eigenvalue weighted by atomic mass is 10.2. The summed E-state index contributed by atoms with van der Waals surface area (Å²) in [4.78, 5) is 12.2. The SMILES string of the molecule is Cn1c(O)c(N=NC(=O)c2cc(Br)ccc2O)c2cc(Br)ccc21. The molecule has 0 saturated carbocycles. The maximum Gasteiger partial charge on any atom is 0.299 e. The number of nitrogens with zero attached hydrogens (tertiary/aromatic N) is 3. The molecule has 0 aliphatic rings. The Hall–Kier alpha value is -2.19. The summed E-state index contributed by atoms with van der Waals surface area (Å²) in [5.74, 6) is -0.995. The van der Waals surface area contributed by atoms with E-state index in [0.717, 1.165) is 9.99 Å². The Morgan fingerprint density at radius 3 is 2.50 bits per heavy atom. The number of benzene rings is 2. The summed E-state index contributed by atoms with van der Waals surface area (Å²) in [6, 6.07) is 9.89. The fraction of sp³-hybridized carbons (Fsp3) is 0.0625. The minimum atomic E-state index is -0.708. The van der Waals surface area contributed by atoms with Crippen LogP contribution in [0.1, 0.15) is 10.4 Å². The third-order valence-electron chi connectivity index (χ3n) is 3.53. The van der Waals surface area contributed by atoms with E-state index in [0.29, 0.717) is 9.86 Å². The predicted octanol–water partition coefficient (Wildman–Crippen LogP) is 5.04. The number of hydrogen-bond donors (Lipinski definition) is 2. The number of rotatable bonds is 2. The molecule has 0 spiro atoms. The van der Waals surface area contributed by atoms with Crippen LogP contribution in [0.3, 0.4) is 0 Å². The van der Waals surface area contributed by atoms with Crippen molar-refractivity contribution in [3.63, 3.8) is 0 Å². The van der Waals surface area contributed by atoms with Gasteiger partial charge in [-0.1, -0.05) is 31.9 Å². The van der Waals surface area contributed by atoms with Crippen LogP contribution in [0.25, 0.3) is 10.9 Å². The van der Waals surface area contributed by atoms with Crippen molar-refractivity contribution in [3.8, 4) is 11.6 Å². The summed E-state index contributed by atoms with van der Waals surface area (Å²) >= 11 is 6.60. The average Bonchev–Trinajstić information content (AvgIpc) is 2.78. The van der Waals surface area contributed by atoms with Crippen molar-refractivity contribution >= 4 is 54.4 Å². The van der Waals surface area contributed by atoms with Gasteiger partial charge in [0.2, 0.25) is 5.88 Å². The van der Waals surface area contributed by atoms with Crippen molar-refractivity contribution in [2.45, 2.75) is 0 Å². The Kier molecular flexibility index (Phi) is 4.42. The zero-order valence-electron chi connectivity index (χ0n) is 12.4. The first-order chi connectivity index (χ1) is 11.4. The maximum atomic E-state index is 12.2. The van der Waals surface area contributed by atoms with Gasteiger partial charge in [0.25, 0.3) is 5.91 Å². The van der Waals surface area contributed by atoms with Crippen LogP contribution in [0, 0.1) is 0 Å². The van der Waals surface area contributed by atoms with Gasteiger partial charge in [0.05, 0.1) is 11.1 Å². The number of aromatic nitrogens is 1. The number of halogens is 2. The van der Waals surface area contributed by atoms with Gasteiger partial charge in [-0.15, -0.1) is 10.2 Å². The van der Waals surface area contributed by atoms with Crippen LogP contribution in [0.15, 0.2) is 55.6 Å². The van der Waals surface area contributed by atoms with E-state index in [1.165, 1.54) is 12.1 Å². The van der Waals surface area contributed by atoms with Gasteiger partial charge in [-0.05, 0) is 36.4 Å². The van der Waals surface area contributed by atoms with Crippen molar-refractivity contribution in [1.82, 2.24) is 4.57 Å². The van der Waals surface area contributed by atoms with Gasteiger partial charge in [-0.25, -0.2) is 0 Å². The van der Waals surface area contributed by atoms with E-state index in [2.05, 4.69) is 42.1 Å². The molecule has 6 nitrogen and oxygen atoms in total. The van der Waals surface area contributed by atoms with Crippen LogP contribution < -0.4 is 0 Å². The molecular formula is C16H11Br2N3O3. The normalized spacial score (nSPS) is 11.5. The first-order valence-corrected chi connectivity index (χ1v) is 8.38. The number of amides is 1. The second-order valence-electron chi connectivity index (χ2n) is 5.06. The summed E-state index contributed by atoms with van der Waals surface area (Å²) in [6.07, 6.45) is 0. The van der Waals surface area contributed by atoms with Crippen LogP contribution in [0.5, 0.6) is 11.6 Å². The van der Waals surface area contributed by atoms with Gasteiger partial charge in [-0.2, -0.15) is 0 Å². The largest absolute Gasteiger partial charge is 0.507 e. The number of azo groups is 1. The number of carbonyl (C=O) groups is 1. The van der Waals surface area contributed by atoms with E-state index in [9.17, 15) is 15.0 Å². The molecule has 1 aromatic heterocycles. The summed E-state index contributed by atoms with van der Waals surface area (Å²) < 4.78 is 3.00. The quantitative estimate of drug-likeness (QED) is 0.534. The molecule has 1 heterocycles. The van der Waals surface area contributed by atoms with Crippen LogP contribution in [0.4, 0.5) is 5.69 Å². The average molecular weight is 453 g/mol. The van der Waals surface area contributed by atoms with Gasteiger partial charge in [0, 0.05) is 21.4 Å². The fourth-order valence-electron chi connectivity index (χ4n) is 2.31. The summed E-state index contributed by atoms with van der Waals surface area (Å²) in [6.45, 7) is 0. The number of aryl methyl sites for hydroxylation is 1. The molecule has 0 aliphatic heterocycles. The smallest absolute Gasteiger partial charge is 0.299 e. The minimum Gasteiger partial charge on any atom is -0.507 e. The summed E-state index contributed by atoms with van der Waals surface area (Å²) in [5, 5.41) is 28.2. The zero-order chi connectivity index (χ0) is 17.4. The second-order valence-corrected chi connectivity index (χ2v) is 6.89. The lowest BCUT2D eigenvalue weighted by Gasteiger charge is -2.00. The highest BCUT2D eigenvalue weighted by atomic mass is 79.9. The monoisotopic (exact) mass is 451 g/mol. The molecule has 0 unspecified atom stereocenters. The first-order valence-electron chi connectivity index (χ1n) is 6.80. The molecule has 0 bridgehead atoms. The van der Waals surface area contributed by atoms with E-state index in [1.54, 1.807) is 23.7 Å². The van der Waals surface area contributed by atoms with Crippen LogP contribution in [-0.2, 0) is 7.05 Å². The second kappa shape index (κ2) is 6.37. The molecular weight excluding hydrogens is 442 g/mol. The third-order valence-corrected chi connectivity index (χ3v) is 4.52. The lowest BCUT2D eigenvalue weighted by Crippen LogP contribution is -1.94. The van der Waals surface area contributed by atoms with Gasteiger partial charge >= 0.3 is 0 Å². The van der Waals surface area contributed by atoms with Crippen molar-refractivity contribution in [1.29, 1.82) is 0 Å². The molecule has 1 amide bonds. The molecule has 2 N–H and O–H groups in total. The molecule has 3 rings (SSSR count). The van der Waals surface area contributed by atoms with Gasteiger partial charge < -0.3 is 14.8 Å². The number of phenols is 1. The highest BCUT2D eigenvalue weighted by Crippen LogP contribution is 2.39. The first kappa shape index (κ1) is 16.7. The molecule has 24 heavy (non-hydrogen) atoms. The maximum absolute atomic E-state index is 12.2. The van der Waals surface area contributed by atoms with Crippen molar-refractivity contribution < 1.29 is 15.0 Å². The highest BCUT2D eigenvalue weighted by Gasteiger charge is 2.16. The van der Waals surface area contributed by atoms with Crippen molar-refractivity contribution in [2.75, 3.05) is 0 Å². The highest BCUT2D eigenvalue weighted by molar-refractivity contribution is 9.10. The zero-order valence-corrected chi connectivity index (χ0v) is 15.5. The van der Waals surface area contributed by atoms with E-state index < -0.39 is 5.91 Å². The molecule has 3 aromatic rings. The van der Waals surface area contributed by atoms with Crippen LogP contribution >= 0.6 is 31.9 Å². The third kappa shape index (κ3) is 2.94. The predicted molar refractivity (Wildman–Crippen MR) is 96.9 cm³/mol. The van der Waals surface area contributed by atoms with E-state index in [4.69, 9.17) is 0 Å². The van der Waals surface area contributed by atoms with Crippen LogP contribution in [0.2, 0.25) is 0 Å². The molecule has 0 atom stereocenters. The Morgan fingerprint density at radius 1 is 1.08 bits per heavy atom. The van der Waals surface area contributed by atoms with Gasteiger partial charge in [0.1, 0.15) is 5.75 Å². The van der Waals surface area contributed by atoms with E-state index >= 15 is 0 Å². The topological polar surface area (TPSA) is 87.2 Å². The molecule has 122 valence electrons. The Morgan fingerprint density at radius 2 is 1.75 bits per heavy atom. The Bertz CT molecular complexity index is 996. The van der Waals surface area contributed by atoms with Crippen molar-refractivity contribution in [2.24, 2.45) is 17.3 Å². The Labute approximate surface area is 153 Å². The molecule has 2 aromatic carbocycles. The molecule has 0 saturated heterocycles. The molecule has 0 radical (unpaired) electrons. The van der Waals surface area contributed by atoms with Crippen LogP contribution in [-0.4, -0.2) is 20.7 Å². The number of phenolic OH excluding ortho intramolecular Hbond substituents is 1. The fourth-order valence-corrected chi connectivity index (χ4v) is 3.03. The molecule has 0 fully saturated rings. The minimum absolute atomic E-state index is 0.0223. The molecule has 8 heteroatoms. The number of hydrogen-bond acceptors (Lipinski definition) is 4. The van der Waals surface area contributed by atoms with Gasteiger partial charge in [0.15, 0.2) is 5.69 Å². The number of fused-ring (bicyclic) bond motifs is 1. The van der Waals surface area contributed by atoms with Gasteiger partial charge in [-0.3, -0.25) is 4.79 Å². The standard InChI is InChI=1S/C16H11Br2N3O3/c1-21-12-4-2-8(17)6-10(12)14(16(21)24)19-20-15(23)11-7-9(18)3-5-13(11)22/h2-7,22,24H,1H3. The lowest BCUT2D eigenvalue weighted by molar-refractivity contribution is 0.0992. The van der Waals surface area contributed by atoms with E-state index in [-0.39, 0.29) is 22.9 Å². The number of aromatic hydroxyl groups is 2. The summed E-state index contributed by atoms with van der Waals surface area (Å²) in [7, 11) is 1.69. The van der Waals surface area contributed by atoms with Crippen molar-refractivity contribution in [3.05, 3.63) is 50.9 Å². The van der Waals surface area contributed by atoms with E-state index in [1.807, 2.05) is 12.1 Å². The summed E-state index contributed by atoms with van der Waals surface area (Å²) in [5.41, 5.74) is 0.966. The Balaban J connectivity index is 2.05.